The number of fused-ring (bicyclic) bond motifs is 2. The number of nitrogens with zero attached hydrogens (tertiary/aromatic N) is 6. The predicted octanol–water partition coefficient (Wildman–Crippen LogP) is 3.23. The second kappa shape index (κ2) is 10.2. The largest absolute Gasteiger partial charge is 0.389 e. The highest BCUT2D eigenvalue weighted by molar-refractivity contribution is 6.02. The number of hydrogen-bond donors (Lipinski definition) is 1. The van der Waals surface area contributed by atoms with Gasteiger partial charge in [-0.25, -0.2) is 9.97 Å². The van der Waals surface area contributed by atoms with Crippen LogP contribution in [-0.2, 0) is 24.1 Å². The van der Waals surface area contributed by atoms with Gasteiger partial charge in [-0.2, -0.15) is 0 Å². The van der Waals surface area contributed by atoms with Crippen molar-refractivity contribution in [3.63, 3.8) is 0 Å². The average Bonchev–Trinajstić information content (AvgIpc) is 3.51. The lowest BCUT2D eigenvalue weighted by Crippen LogP contribution is -2.40. The fraction of sp³-hybridized carbons (Fsp3) is 0.692. The molecular formula is C26H40N6O3. The van der Waals surface area contributed by atoms with Crippen molar-refractivity contribution in [2.45, 2.75) is 84.3 Å². The molecule has 0 saturated carbocycles. The monoisotopic (exact) mass is 484 g/mol. The highest BCUT2D eigenvalue weighted by Crippen LogP contribution is 2.38. The van der Waals surface area contributed by atoms with Crippen molar-refractivity contribution in [2.75, 3.05) is 43.5 Å². The first-order valence-corrected chi connectivity index (χ1v) is 13.0. The van der Waals surface area contributed by atoms with E-state index in [0.29, 0.717) is 42.3 Å². The Labute approximate surface area is 208 Å². The van der Waals surface area contributed by atoms with Crippen LogP contribution in [0.3, 0.4) is 0 Å². The van der Waals surface area contributed by atoms with Crippen molar-refractivity contribution in [3.05, 3.63) is 16.9 Å². The Hall–Kier alpha value is -2.52. The fourth-order valence-corrected chi connectivity index (χ4v) is 5.45. The molecule has 2 aromatic heterocycles. The zero-order valence-electron chi connectivity index (χ0n) is 22.1. The smallest absolute Gasteiger partial charge is 0.232 e. The van der Waals surface area contributed by atoms with Crippen LogP contribution in [0.4, 0.5) is 11.6 Å². The molecule has 1 amide bonds. The summed E-state index contributed by atoms with van der Waals surface area (Å²) in [6.07, 6.45) is 6.48. The van der Waals surface area contributed by atoms with Gasteiger partial charge in [0.25, 0.3) is 0 Å². The minimum atomic E-state index is -0.908. The summed E-state index contributed by atoms with van der Waals surface area (Å²) in [5, 5.41) is 14.8. The van der Waals surface area contributed by atoms with Crippen LogP contribution in [-0.4, -0.2) is 76.4 Å². The second-order valence-electron chi connectivity index (χ2n) is 10.4. The normalized spacial score (nSPS) is 19.9. The van der Waals surface area contributed by atoms with Gasteiger partial charge >= 0.3 is 0 Å². The molecule has 4 heterocycles. The molecule has 9 nitrogen and oxygen atoms in total. The minimum absolute atomic E-state index is 0.0526. The first-order valence-electron chi connectivity index (χ1n) is 13.0. The third-order valence-corrected chi connectivity index (χ3v) is 7.06. The van der Waals surface area contributed by atoms with E-state index in [9.17, 15) is 9.90 Å². The Morgan fingerprint density at radius 2 is 1.89 bits per heavy atom. The standard InChI is InChI=1S/C24H34N6O3.C2H6/c1-24(2,32)14-29(4)22-17-12-19(31)30(13-15-8-7-11-28(15)3)23(17)26-21(25-22)20-16-9-5-6-10-18(16)33-27-20;1-2/h15,32H,5-14H2,1-4H3;1-2H3. The third kappa shape index (κ3) is 5.21. The molecule has 0 aromatic carbocycles. The summed E-state index contributed by atoms with van der Waals surface area (Å²) in [6.45, 7) is 9.61. The average molecular weight is 485 g/mol. The topological polar surface area (TPSA) is 98.8 Å². The molecule has 1 saturated heterocycles. The number of likely N-dealkylation sites (tertiary alicyclic amines) is 1. The number of anilines is 2. The van der Waals surface area contributed by atoms with E-state index in [-0.39, 0.29) is 12.3 Å². The van der Waals surface area contributed by atoms with Gasteiger partial charge in [-0.1, -0.05) is 19.0 Å². The molecule has 5 rings (SSSR count). The summed E-state index contributed by atoms with van der Waals surface area (Å²) < 4.78 is 5.64. The van der Waals surface area contributed by atoms with Gasteiger partial charge in [0.05, 0.1) is 12.0 Å². The lowest BCUT2D eigenvalue weighted by Gasteiger charge is -2.29. The van der Waals surface area contributed by atoms with Crippen molar-refractivity contribution in [3.8, 4) is 11.5 Å². The summed E-state index contributed by atoms with van der Waals surface area (Å²) >= 11 is 0. The van der Waals surface area contributed by atoms with Crippen LogP contribution in [0.5, 0.6) is 0 Å². The number of carbonyl (C=O) groups excluding carboxylic acids is 1. The maximum Gasteiger partial charge on any atom is 0.232 e. The van der Waals surface area contributed by atoms with E-state index in [4.69, 9.17) is 14.5 Å². The van der Waals surface area contributed by atoms with E-state index < -0.39 is 5.60 Å². The summed E-state index contributed by atoms with van der Waals surface area (Å²) in [4.78, 5) is 29.0. The van der Waals surface area contributed by atoms with Crippen molar-refractivity contribution in [1.29, 1.82) is 0 Å². The number of aryl methyl sites for hydroxylation is 1. The van der Waals surface area contributed by atoms with Crippen LogP contribution in [0.1, 0.15) is 70.3 Å². The van der Waals surface area contributed by atoms with Gasteiger partial charge in [0.15, 0.2) is 11.5 Å². The minimum Gasteiger partial charge on any atom is -0.389 e. The summed E-state index contributed by atoms with van der Waals surface area (Å²) in [5.41, 5.74) is 1.69. The molecule has 3 aliphatic rings. The molecule has 9 heteroatoms. The van der Waals surface area contributed by atoms with Crippen molar-refractivity contribution < 1.29 is 14.4 Å². The van der Waals surface area contributed by atoms with Crippen LogP contribution >= 0.6 is 0 Å². The summed E-state index contributed by atoms with van der Waals surface area (Å²) in [5.74, 6) is 2.83. The second-order valence-corrected chi connectivity index (χ2v) is 10.4. The predicted molar refractivity (Wildman–Crippen MR) is 137 cm³/mol. The quantitative estimate of drug-likeness (QED) is 0.667. The van der Waals surface area contributed by atoms with Crippen LogP contribution < -0.4 is 9.80 Å². The zero-order valence-corrected chi connectivity index (χ0v) is 22.1. The molecular weight excluding hydrogens is 444 g/mol. The number of rotatable bonds is 6. The van der Waals surface area contributed by atoms with E-state index >= 15 is 0 Å². The molecule has 1 atom stereocenters. The van der Waals surface area contributed by atoms with Gasteiger partial charge in [0, 0.05) is 43.7 Å². The molecule has 1 N–H and O–H groups in total. The molecule has 1 fully saturated rings. The summed E-state index contributed by atoms with van der Waals surface area (Å²) in [7, 11) is 4.02. The van der Waals surface area contributed by atoms with E-state index in [1.54, 1.807) is 13.8 Å². The van der Waals surface area contributed by atoms with Crippen LogP contribution in [0.15, 0.2) is 4.52 Å². The number of aliphatic hydroxyl groups is 1. The molecule has 0 spiro atoms. The first-order chi connectivity index (χ1) is 16.7. The van der Waals surface area contributed by atoms with Crippen molar-refractivity contribution in [1.82, 2.24) is 20.0 Å². The number of likely N-dealkylation sites (N-methyl/N-ethyl adjacent to an activating group) is 2. The number of carbonyl (C=O) groups is 1. The number of aromatic nitrogens is 3. The Morgan fingerprint density at radius 3 is 2.57 bits per heavy atom. The van der Waals surface area contributed by atoms with E-state index in [2.05, 4.69) is 17.1 Å². The van der Waals surface area contributed by atoms with Gasteiger partial charge in [0.2, 0.25) is 5.91 Å². The van der Waals surface area contributed by atoms with Crippen LogP contribution in [0, 0.1) is 0 Å². The molecule has 0 bridgehead atoms. The van der Waals surface area contributed by atoms with Gasteiger partial charge < -0.3 is 19.4 Å². The lowest BCUT2D eigenvalue weighted by atomic mass is 9.96. The number of amides is 1. The molecule has 192 valence electrons. The molecule has 1 unspecified atom stereocenters. The molecule has 1 aliphatic carbocycles. The fourth-order valence-electron chi connectivity index (χ4n) is 5.45. The van der Waals surface area contributed by atoms with Gasteiger partial charge in [0.1, 0.15) is 17.4 Å². The van der Waals surface area contributed by atoms with Gasteiger partial charge in [-0.3, -0.25) is 9.69 Å². The number of hydrogen-bond acceptors (Lipinski definition) is 8. The SMILES string of the molecule is CC.CN(CC(C)(C)O)c1nc(-c2noc3c2CCCC3)nc2c1CC(=O)N2CC1CCCN1C. The molecule has 2 aliphatic heterocycles. The maximum atomic E-state index is 13.2. The van der Waals surface area contributed by atoms with Crippen molar-refractivity contribution >= 4 is 17.5 Å². The van der Waals surface area contributed by atoms with Crippen LogP contribution in [0.25, 0.3) is 11.5 Å². The lowest BCUT2D eigenvalue weighted by molar-refractivity contribution is -0.117. The van der Waals surface area contributed by atoms with E-state index in [0.717, 1.165) is 62.0 Å². The van der Waals surface area contributed by atoms with Crippen molar-refractivity contribution in [2.24, 2.45) is 0 Å². The zero-order chi connectivity index (χ0) is 25.3. The molecule has 2 aromatic rings. The highest BCUT2D eigenvalue weighted by atomic mass is 16.5. The van der Waals surface area contributed by atoms with Gasteiger partial charge in [-0.15, -0.1) is 0 Å². The Kier molecular flexibility index (Phi) is 7.47. The molecule has 0 radical (unpaired) electrons. The summed E-state index contributed by atoms with van der Waals surface area (Å²) in [6, 6.07) is 0.329. The Balaban J connectivity index is 0.00000141. The highest BCUT2D eigenvalue weighted by Gasteiger charge is 2.37. The third-order valence-electron chi connectivity index (χ3n) is 7.06. The van der Waals surface area contributed by atoms with Crippen LogP contribution in [0.2, 0.25) is 0 Å². The Morgan fingerprint density at radius 1 is 1.14 bits per heavy atom. The molecule has 35 heavy (non-hydrogen) atoms. The first kappa shape index (κ1) is 25.6. The van der Waals surface area contributed by atoms with E-state index in [1.807, 2.05) is 30.7 Å². The van der Waals surface area contributed by atoms with Gasteiger partial charge in [-0.05, 0) is 59.5 Å². The maximum absolute atomic E-state index is 13.2. The van der Waals surface area contributed by atoms with E-state index in [1.165, 1.54) is 0 Å². The Bertz CT molecular complexity index is 1060.